The Morgan fingerprint density at radius 1 is 1.13 bits per heavy atom. The molecule has 1 saturated heterocycles. The molecular formula is C25H35NO4. The van der Waals surface area contributed by atoms with Crippen molar-refractivity contribution in [3.05, 3.63) is 29.3 Å². The van der Waals surface area contributed by atoms with E-state index in [1.54, 1.807) is 4.90 Å². The van der Waals surface area contributed by atoms with Gasteiger partial charge < -0.3 is 19.1 Å². The third-order valence-corrected chi connectivity index (χ3v) is 8.72. The van der Waals surface area contributed by atoms with Crippen LogP contribution in [0.2, 0.25) is 0 Å². The van der Waals surface area contributed by atoms with Crippen LogP contribution in [0, 0.1) is 17.3 Å². The maximum absolute atomic E-state index is 12.3. The fourth-order valence-electron chi connectivity index (χ4n) is 7.15. The van der Waals surface area contributed by atoms with Gasteiger partial charge in [-0.2, -0.15) is 0 Å². The molecule has 2 saturated carbocycles. The standard InChI is InChI=1S/C25H35NO4/c1-4-26(5-2)23(27)30-18-7-9-19-17(16-18)6-8-21-20(19)10-12-24(3)22(21)11-13-25(24)28-14-15-29-25/h7,9,16,20-22H,4-6,8,10-15H2,1-3H3/t20-,21-,22+,24+/m1/s1. The van der Waals surface area contributed by atoms with Crippen LogP contribution in [-0.2, 0) is 15.9 Å². The van der Waals surface area contributed by atoms with E-state index in [9.17, 15) is 4.79 Å². The minimum Gasteiger partial charge on any atom is -0.410 e. The van der Waals surface area contributed by atoms with E-state index in [4.69, 9.17) is 14.2 Å². The Balaban J connectivity index is 1.36. The Kier molecular flexibility index (Phi) is 5.10. The molecule has 0 N–H and O–H groups in total. The first-order valence-corrected chi connectivity index (χ1v) is 11.9. The van der Waals surface area contributed by atoms with Crippen molar-refractivity contribution in [3.63, 3.8) is 0 Å². The van der Waals surface area contributed by atoms with Crippen LogP contribution in [0.25, 0.3) is 0 Å². The fraction of sp³-hybridized carbons (Fsp3) is 0.720. The van der Waals surface area contributed by atoms with E-state index in [-0.39, 0.29) is 17.3 Å². The molecular weight excluding hydrogens is 378 g/mol. The molecule has 164 valence electrons. The maximum atomic E-state index is 12.3. The lowest BCUT2D eigenvalue weighted by Gasteiger charge is -2.52. The van der Waals surface area contributed by atoms with E-state index < -0.39 is 0 Å². The molecule has 0 aromatic heterocycles. The summed E-state index contributed by atoms with van der Waals surface area (Å²) in [5.41, 5.74) is 2.98. The summed E-state index contributed by atoms with van der Waals surface area (Å²) >= 11 is 0. The Bertz CT molecular complexity index is 813. The average molecular weight is 414 g/mol. The zero-order valence-electron chi connectivity index (χ0n) is 18.6. The van der Waals surface area contributed by atoms with Gasteiger partial charge in [0.25, 0.3) is 0 Å². The number of aryl methyl sites for hydroxylation is 1. The third-order valence-electron chi connectivity index (χ3n) is 8.72. The summed E-state index contributed by atoms with van der Waals surface area (Å²) in [4.78, 5) is 14.0. The van der Waals surface area contributed by atoms with E-state index in [2.05, 4.69) is 19.1 Å². The smallest absolute Gasteiger partial charge is 0.410 e. The molecule has 0 radical (unpaired) electrons. The van der Waals surface area contributed by atoms with Crippen LogP contribution >= 0.6 is 0 Å². The summed E-state index contributed by atoms with van der Waals surface area (Å²) in [5, 5.41) is 0. The van der Waals surface area contributed by atoms with E-state index in [1.165, 1.54) is 30.4 Å². The molecule has 1 heterocycles. The number of carbonyl (C=O) groups is 1. The number of hydrogen-bond acceptors (Lipinski definition) is 4. The van der Waals surface area contributed by atoms with Gasteiger partial charge in [-0.05, 0) is 87.0 Å². The Morgan fingerprint density at radius 3 is 2.63 bits per heavy atom. The molecule has 5 rings (SSSR count). The second kappa shape index (κ2) is 7.52. The maximum Gasteiger partial charge on any atom is 0.415 e. The normalized spacial score (nSPS) is 33.6. The lowest BCUT2D eigenvalue weighted by atomic mass is 9.55. The predicted molar refractivity (Wildman–Crippen MR) is 115 cm³/mol. The fourth-order valence-corrected chi connectivity index (χ4v) is 7.15. The molecule has 1 aromatic rings. The summed E-state index contributed by atoms with van der Waals surface area (Å²) in [5.74, 6) is 2.33. The summed E-state index contributed by atoms with van der Waals surface area (Å²) < 4.78 is 18.1. The second-order valence-corrected chi connectivity index (χ2v) is 9.76. The summed E-state index contributed by atoms with van der Waals surface area (Å²) in [7, 11) is 0. The molecule has 4 aliphatic rings. The number of carbonyl (C=O) groups excluding carboxylic acids is 1. The molecule has 3 fully saturated rings. The van der Waals surface area contributed by atoms with Gasteiger partial charge in [-0.3, -0.25) is 0 Å². The van der Waals surface area contributed by atoms with Crippen molar-refractivity contribution >= 4 is 6.09 Å². The van der Waals surface area contributed by atoms with Gasteiger partial charge in [-0.15, -0.1) is 0 Å². The third kappa shape index (κ3) is 2.92. The minimum absolute atomic E-state index is 0.140. The molecule has 3 aliphatic carbocycles. The molecule has 1 spiro atoms. The van der Waals surface area contributed by atoms with E-state index >= 15 is 0 Å². The van der Waals surface area contributed by atoms with Crippen molar-refractivity contribution in [2.45, 2.75) is 71.0 Å². The van der Waals surface area contributed by atoms with Crippen molar-refractivity contribution in [2.75, 3.05) is 26.3 Å². The lowest BCUT2D eigenvalue weighted by Crippen LogP contribution is -2.51. The van der Waals surface area contributed by atoms with Crippen molar-refractivity contribution < 1.29 is 19.0 Å². The molecule has 1 aliphatic heterocycles. The number of nitrogens with zero attached hydrogens (tertiary/aromatic N) is 1. The first kappa shape index (κ1) is 20.3. The number of amides is 1. The zero-order chi connectivity index (χ0) is 20.9. The van der Waals surface area contributed by atoms with Crippen molar-refractivity contribution in [2.24, 2.45) is 17.3 Å². The van der Waals surface area contributed by atoms with Gasteiger partial charge in [-0.1, -0.05) is 13.0 Å². The Labute approximate surface area is 180 Å². The Hall–Kier alpha value is -1.59. The van der Waals surface area contributed by atoms with Gasteiger partial charge >= 0.3 is 6.09 Å². The number of hydrogen-bond donors (Lipinski definition) is 0. The highest BCUT2D eigenvalue weighted by Crippen LogP contribution is 2.66. The molecule has 5 heteroatoms. The van der Waals surface area contributed by atoms with Crippen LogP contribution in [-0.4, -0.2) is 43.1 Å². The number of fused-ring (bicyclic) bond motifs is 6. The molecule has 0 bridgehead atoms. The van der Waals surface area contributed by atoms with E-state index in [1.807, 2.05) is 19.9 Å². The van der Waals surface area contributed by atoms with Crippen LogP contribution in [0.5, 0.6) is 5.75 Å². The number of benzene rings is 1. The van der Waals surface area contributed by atoms with Crippen molar-refractivity contribution in [1.29, 1.82) is 0 Å². The van der Waals surface area contributed by atoms with Crippen molar-refractivity contribution in [1.82, 2.24) is 4.90 Å². The largest absolute Gasteiger partial charge is 0.415 e. The van der Waals surface area contributed by atoms with Gasteiger partial charge in [0.1, 0.15) is 5.75 Å². The highest BCUT2D eigenvalue weighted by Gasteiger charge is 2.64. The van der Waals surface area contributed by atoms with Crippen LogP contribution in [0.15, 0.2) is 18.2 Å². The quantitative estimate of drug-likeness (QED) is 0.690. The minimum atomic E-state index is -0.328. The van der Waals surface area contributed by atoms with Crippen LogP contribution in [0.4, 0.5) is 4.79 Å². The first-order valence-electron chi connectivity index (χ1n) is 11.9. The highest BCUT2D eigenvalue weighted by molar-refractivity contribution is 5.70. The zero-order valence-corrected chi connectivity index (χ0v) is 18.6. The van der Waals surface area contributed by atoms with Crippen molar-refractivity contribution in [3.8, 4) is 5.75 Å². The molecule has 1 aromatic carbocycles. The second-order valence-electron chi connectivity index (χ2n) is 9.76. The monoisotopic (exact) mass is 413 g/mol. The lowest BCUT2D eigenvalue weighted by molar-refractivity contribution is -0.237. The summed E-state index contributed by atoms with van der Waals surface area (Å²) in [6, 6.07) is 6.34. The van der Waals surface area contributed by atoms with Gasteiger partial charge in [0.05, 0.1) is 13.2 Å². The molecule has 30 heavy (non-hydrogen) atoms. The molecule has 0 unspecified atom stereocenters. The molecule has 5 nitrogen and oxygen atoms in total. The molecule has 4 atom stereocenters. The number of rotatable bonds is 3. The van der Waals surface area contributed by atoms with Gasteiger partial charge in [0.2, 0.25) is 0 Å². The SMILES string of the molecule is CCN(CC)C(=O)Oc1ccc2c(c1)CC[C@@H]1[C@@H]2CC[C@@]2(C)[C@H]1CCC21OCCO1. The van der Waals surface area contributed by atoms with Crippen LogP contribution in [0.1, 0.15) is 69.9 Å². The van der Waals surface area contributed by atoms with E-state index in [0.29, 0.717) is 36.6 Å². The average Bonchev–Trinajstić information content (AvgIpc) is 3.34. The topological polar surface area (TPSA) is 48.0 Å². The highest BCUT2D eigenvalue weighted by atomic mass is 16.7. The predicted octanol–water partition coefficient (Wildman–Crippen LogP) is 5.13. The molecule has 1 amide bonds. The van der Waals surface area contributed by atoms with Gasteiger partial charge in [0, 0.05) is 24.9 Å². The Morgan fingerprint density at radius 2 is 1.90 bits per heavy atom. The number of ether oxygens (including phenoxy) is 3. The van der Waals surface area contributed by atoms with Crippen LogP contribution in [0.3, 0.4) is 0 Å². The van der Waals surface area contributed by atoms with Gasteiger partial charge in [0.15, 0.2) is 5.79 Å². The van der Waals surface area contributed by atoms with E-state index in [0.717, 1.165) is 32.5 Å². The van der Waals surface area contributed by atoms with Crippen LogP contribution < -0.4 is 4.74 Å². The van der Waals surface area contributed by atoms with Gasteiger partial charge in [-0.25, -0.2) is 4.79 Å². The summed E-state index contributed by atoms with van der Waals surface area (Å²) in [6.45, 7) is 9.20. The summed E-state index contributed by atoms with van der Waals surface area (Å²) in [6.07, 6.45) is 6.64. The first-order chi connectivity index (χ1) is 14.5.